The number of hydrogen-bond acceptors (Lipinski definition) is 2. The molecule has 2 N–H and O–H groups in total. The van der Waals surface area contributed by atoms with Gasteiger partial charge in [0, 0.05) is 22.9 Å². The van der Waals surface area contributed by atoms with Crippen molar-refractivity contribution >= 4 is 23.2 Å². The molecule has 4 heteroatoms. The number of hydrogen-bond donors (Lipinski definition) is 2. The van der Waals surface area contributed by atoms with Crippen LogP contribution < -0.4 is 0 Å². The largest absolute Gasteiger partial charge is 0.508 e. The summed E-state index contributed by atoms with van der Waals surface area (Å²) in [5.41, 5.74) is 4.03. The second kappa shape index (κ2) is 10.7. The summed E-state index contributed by atoms with van der Waals surface area (Å²) in [6.07, 6.45) is 1.40. The Morgan fingerprint density at radius 2 is 0.867 bits per heavy atom. The molecule has 0 atom stereocenters. The Labute approximate surface area is 187 Å². The Kier molecular flexibility index (Phi) is 7.78. The summed E-state index contributed by atoms with van der Waals surface area (Å²) in [5.74, 6) is 0.589. The first kappa shape index (κ1) is 21.8. The van der Waals surface area contributed by atoms with Crippen LogP contribution in [0.3, 0.4) is 0 Å². The van der Waals surface area contributed by atoms with Crippen LogP contribution in [0.5, 0.6) is 11.5 Å². The van der Waals surface area contributed by atoms with Crippen LogP contribution in [0, 0.1) is 0 Å². The lowest BCUT2D eigenvalue weighted by atomic mass is 10.0. The average molecular weight is 437 g/mol. The second-order valence-corrected chi connectivity index (χ2v) is 7.74. The minimum atomic E-state index is 0.295. The molecule has 0 aromatic heterocycles. The zero-order valence-corrected chi connectivity index (χ0v) is 17.8. The summed E-state index contributed by atoms with van der Waals surface area (Å²) in [7, 11) is 0. The Morgan fingerprint density at radius 1 is 0.500 bits per heavy atom. The molecule has 4 aromatic rings. The zero-order valence-electron chi connectivity index (χ0n) is 16.3. The molecule has 30 heavy (non-hydrogen) atoms. The Hall–Kier alpha value is -2.94. The van der Waals surface area contributed by atoms with E-state index in [1.807, 2.05) is 60.7 Å². The molecule has 0 saturated carbocycles. The van der Waals surface area contributed by atoms with Crippen molar-refractivity contribution in [1.82, 2.24) is 0 Å². The maximum Gasteiger partial charge on any atom is 0.119 e. The quantitative estimate of drug-likeness (QED) is 0.352. The summed E-state index contributed by atoms with van der Waals surface area (Å²) in [5, 5.41) is 20.6. The van der Waals surface area contributed by atoms with Crippen molar-refractivity contribution < 1.29 is 10.2 Å². The molecule has 0 aliphatic heterocycles. The van der Waals surface area contributed by atoms with Gasteiger partial charge in [0.2, 0.25) is 0 Å². The molecule has 4 rings (SSSR count). The number of benzene rings is 4. The van der Waals surface area contributed by atoms with E-state index in [1.54, 1.807) is 36.4 Å². The third kappa shape index (κ3) is 6.55. The van der Waals surface area contributed by atoms with Gasteiger partial charge >= 0.3 is 0 Å². The van der Waals surface area contributed by atoms with E-state index in [0.29, 0.717) is 34.4 Å². The van der Waals surface area contributed by atoms with Gasteiger partial charge in [-0.1, -0.05) is 83.9 Å². The molecule has 0 amide bonds. The van der Waals surface area contributed by atoms with Gasteiger partial charge in [-0.15, -0.1) is 0 Å². The van der Waals surface area contributed by atoms with Gasteiger partial charge in [-0.3, -0.25) is 0 Å². The third-order valence-corrected chi connectivity index (χ3v) is 5.03. The smallest absolute Gasteiger partial charge is 0.119 e. The van der Waals surface area contributed by atoms with E-state index in [-0.39, 0.29) is 0 Å². The summed E-state index contributed by atoms with van der Waals surface area (Å²) >= 11 is 11.7. The average Bonchev–Trinajstić information content (AvgIpc) is 2.75. The number of aromatic hydroxyl groups is 2. The number of phenolic OH excluding ortho intramolecular Hbond substituents is 2. The van der Waals surface area contributed by atoms with Crippen molar-refractivity contribution in [3.8, 4) is 11.5 Å². The lowest BCUT2D eigenvalue weighted by Crippen LogP contribution is -1.88. The van der Waals surface area contributed by atoms with Gasteiger partial charge in [-0.2, -0.15) is 0 Å². The molecule has 0 spiro atoms. The van der Waals surface area contributed by atoms with Crippen LogP contribution in [-0.2, 0) is 12.8 Å². The highest BCUT2D eigenvalue weighted by Gasteiger charge is 2.03. The van der Waals surface area contributed by atoms with Gasteiger partial charge in [0.05, 0.1) is 0 Å². The Balaban J connectivity index is 0.000000171. The second-order valence-electron chi connectivity index (χ2n) is 6.87. The Bertz CT molecular complexity index is 992. The van der Waals surface area contributed by atoms with E-state index in [0.717, 1.165) is 22.3 Å². The minimum Gasteiger partial charge on any atom is -0.508 e. The van der Waals surface area contributed by atoms with Crippen LogP contribution in [0.4, 0.5) is 0 Å². The fraction of sp³-hybridized carbons (Fsp3) is 0.0769. The maximum absolute atomic E-state index is 9.64. The van der Waals surface area contributed by atoms with Crippen molar-refractivity contribution in [3.05, 3.63) is 129 Å². The van der Waals surface area contributed by atoms with Crippen molar-refractivity contribution in [1.29, 1.82) is 0 Å². The first-order chi connectivity index (χ1) is 14.5. The fourth-order valence-electron chi connectivity index (χ4n) is 3.02. The zero-order chi connectivity index (χ0) is 21.3. The predicted molar refractivity (Wildman–Crippen MR) is 125 cm³/mol. The summed E-state index contributed by atoms with van der Waals surface area (Å²) in [6.45, 7) is 0. The maximum atomic E-state index is 9.64. The van der Waals surface area contributed by atoms with Crippen molar-refractivity contribution in [3.63, 3.8) is 0 Å². The molecule has 0 fully saturated rings. The van der Waals surface area contributed by atoms with Gasteiger partial charge < -0.3 is 10.2 Å². The topological polar surface area (TPSA) is 40.5 Å². The van der Waals surface area contributed by atoms with Crippen LogP contribution >= 0.6 is 23.2 Å². The summed E-state index contributed by atoms with van der Waals surface area (Å²) < 4.78 is 0. The van der Waals surface area contributed by atoms with Crippen molar-refractivity contribution in [2.45, 2.75) is 12.8 Å². The van der Waals surface area contributed by atoms with Crippen LogP contribution in [0.1, 0.15) is 22.3 Å². The molecule has 0 bridgehead atoms. The normalized spacial score (nSPS) is 10.2. The summed E-state index contributed by atoms with van der Waals surface area (Å²) in [6, 6.07) is 30.2. The van der Waals surface area contributed by atoms with Crippen LogP contribution in [0.15, 0.2) is 97.1 Å². The van der Waals surface area contributed by atoms with Crippen LogP contribution in [-0.4, -0.2) is 10.2 Å². The van der Waals surface area contributed by atoms with Gasteiger partial charge in [0.15, 0.2) is 0 Å². The highest BCUT2D eigenvalue weighted by atomic mass is 35.5. The van der Waals surface area contributed by atoms with E-state index < -0.39 is 0 Å². The monoisotopic (exact) mass is 436 g/mol. The van der Waals surface area contributed by atoms with Gasteiger partial charge in [-0.25, -0.2) is 0 Å². The molecule has 4 aromatic carbocycles. The number of halogens is 2. The van der Waals surface area contributed by atoms with E-state index in [9.17, 15) is 10.2 Å². The first-order valence-corrected chi connectivity index (χ1v) is 10.3. The van der Waals surface area contributed by atoms with E-state index in [1.165, 1.54) is 0 Å². The molecule has 0 saturated heterocycles. The molecule has 0 heterocycles. The molecule has 0 radical (unpaired) electrons. The molecule has 0 unspecified atom stereocenters. The van der Waals surface area contributed by atoms with E-state index >= 15 is 0 Å². The lowest BCUT2D eigenvalue weighted by Gasteiger charge is -2.05. The van der Waals surface area contributed by atoms with E-state index in [4.69, 9.17) is 23.2 Å². The minimum absolute atomic E-state index is 0.295. The number of rotatable bonds is 4. The lowest BCUT2D eigenvalue weighted by molar-refractivity contribution is 0.469. The highest BCUT2D eigenvalue weighted by Crippen LogP contribution is 2.25. The number of phenols is 2. The molecule has 152 valence electrons. The molecule has 2 nitrogen and oxygen atoms in total. The molecule has 0 aliphatic carbocycles. The van der Waals surface area contributed by atoms with Crippen LogP contribution in [0.25, 0.3) is 0 Å². The molecular weight excluding hydrogens is 415 g/mol. The van der Waals surface area contributed by atoms with Gasteiger partial charge in [0.1, 0.15) is 11.5 Å². The standard InChI is InChI=1S/2C13H11ClO/c2*14-12-6-7-13(15)11(9-12)8-10-4-2-1-3-5-10/h2*1-7,9,15H,8H2. The van der Waals surface area contributed by atoms with Gasteiger partial charge in [-0.05, 0) is 58.7 Å². The molecular formula is C26H22Cl2O2. The highest BCUT2D eigenvalue weighted by molar-refractivity contribution is 6.31. The predicted octanol–water partition coefficient (Wildman–Crippen LogP) is 7.27. The van der Waals surface area contributed by atoms with E-state index in [2.05, 4.69) is 0 Å². The third-order valence-electron chi connectivity index (χ3n) is 4.56. The first-order valence-electron chi connectivity index (χ1n) is 9.54. The van der Waals surface area contributed by atoms with Gasteiger partial charge in [0.25, 0.3) is 0 Å². The van der Waals surface area contributed by atoms with Crippen molar-refractivity contribution in [2.75, 3.05) is 0 Å². The van der Waals surface area contributed by atoms with Crippen molar-refractivity contribution in [2.24, 2.45) is 0 Å². The fourth-order valence-corrected chi connectivity index (χ4v) is 3.41. The summed E-state index contributed by atoms with van der Waals surface area (Å²) in [4.78, 5) is 0. The molecule has 0 aliphatic rings. The Morgan fingerprint density at radius 3 is 1.23 bits per heavy atom. The SMILES string of the molecule is Oc1ccc(Cl)cc1Cc1ccccc1.Oc1ccc(Cl)cc1Cc1ccccc1. The van der Waals surface area contributed by atoms with Crippen LogP contribution in [0.2, 0.25) is 10.0 Å².